The van der Waals surface area contributed by atoms with Crippen LogP contribution in [0, 0.1) is 12.8 Å². The van der Waals surface area contributed by atoms with Gasteiger partial charge in [-0.05, 0) is 76.2 Å². The first-order valence-corrected chi connectivity index (χ1v) is 12.3. The van der Waals surface area contributed by atoms with Crippen LogP contribution < -0.4 is 10.6 Å². The average Bonchev–Trinajstić information content (AvgIpc) is 3.16. The molecule has 33 heavy (non-hydrogen) atoms. The number of hydrogen-bond acceptors (Lipinski definition) is 7. The van der Waals surface area contributed by atoms with E-state index in [1.54, 1.807) is 6.07 Å². The van der Waals surface area contributed by atoms with Crippen molar-refractivity contribution < 1.29 is 19.1 Å². The Morgan fingerprint density at radius 1 is 1.15 bits per heavy atom. The summed E-state index contributed by atoms with van der Waals surface area (Å²) in [4.78, 5) is 45.3. The normalized spacial score (nSPS) is 16.7. The lowest BCUT2D eigenvalue weighted by Gasteiger charge is -2.30. The van der Waals surface area contributed by atoms with Gasteiger partial charge in [0.2, 0.25) is 11.8 Å². The van der Waals surface area contributed by atoms with Crippen molar-refractivity contribution in [2.45, 2.75) is 45.4 Å². The number of nitrogens with one attached hydrogen (secondary N) is 2. The minimum absolute atomic E-state index is 0.0240. The average molecular weight is 471 g/mol. The summed E-state index contributed by atoms with van der Waals surface area (Å²) in [5.74, 6) is -0.0854. The lowest BCUT2D eigenvalue weighted by molar-refractivity contribution is -0.121. The molecule has 9 heteroatoms. The third-order valence-corrected chi connectivity index (χ3v) is 7.49. The number of piperidine rings is 1. The fraction of sp³-hybridized carbons (Fsp3) is 0.500. The second kappa shape index (κ2) is 10.4. The predicted molar refractivity (Wildman–Crippen MR) is 128 cm³/mol. The number of ether oxygens (including phenoxy) is 1. The number of carbonyl (C=O) groups is 3. The van der Waals surface area contributed by atoms with E-state index in [-0.39, 0.29) is 30.2 Å². The molecule has 0 spiro atoms. The maximum atomic E-state index is 12.8. The smallest absolute Gasteiger partial charge is 0.341 e. The first-order valence-electron chi connectivity index (χ1n) is 11.4. The minimum atomic E-state index is -0.389. The molecule has 0 bridgehead atoms. The van der Waals surface area contributed by atoms with Gasteiger partial charge in [0.05, 0.1) is 19.2 Å². The first kappa shape index (κ1) is 23.4. The topological polar surface area (TPSA) is 101 Å². The van der Waals surface area contributed by atoms with E-state index in [4.69, 9.17) is 4.74 Å². The van der Waals surface area contributed by atoms with Gasteiger partial charge in [0.25, 0.3) is 0 Å². The highest BCUT2D eigenvalue weighted by atomic mass is 32.1. The Morgan fingerprint density at radius 2 is 1.91 bits per heavy atom. The Bertz CT molecular complexity index is 1040. The summed E-state index contributed by atoms with van der Waals surface area (Å²) in [6.45, 7) is 3.45. The number of aryl methyl sites for hydroxylation is 2. The standard InChI is InChI=1S/C24H30N4O4S/c1-15-6-5-9-19(25-15)26-22(30)16-10-12-28(13-11-16)14-20(29)27-23-21(24(31)32-2)17-7-3-4-8-18(17)33-23/h5-6,9,16H,3-4,7-8,10-14H2,1-2H3,(H,27,29)(H,25,26,30). The molecule has 8 nitrogen and oxygen atoms in total. The largest absolute Gasteiger partial charge is 0.465 e. The number of likely N-dealkylation sites (tertiary alicyclic amines) is 1. The molecule has 2 amide bonds. The Hall–Kier alpha value is -2.78. The number of fused-ring (bicyclic) bond motifs is 1. The lowest BCUT2D eigenvalue weighted by atomic mass is 9.95. The molecule has 0 unspecified atom stereocenters. The van der Waals surface area contributed by atoms with Crippen molar-refractivity contribution in [3.63, 3.8) is 0 Å². The van der Waals surface area contributed by atoms with Crippen molar-refractivity contribution in [3.05, 3.63) is 39.9 Å². The summed E-state index contributed by atoms with van der Waals surface area (Å²) >= 11 is 1.49. The lowest BCUT2D eigenvalue weighted by Crippen LogP contribution is -2.41. The molecule has 0 atom stereocenters. The van der Waals surface area contributed by atoms with Crippen LogP contribution in [0.4, 0.5) is 10.8 Å². The van der Waals surface area contributed by atoms with Crippen LogP contribution >= 0.6 is 11.3 Å². The van der Waals surface area contributed by atoms with Crippen LogP contribution in [-0.4, -0.2) is 54.4 Å². The number of methoxy groups -OCH3 is 1. The summed E-state index contributed by atoms with van der Waals surface area (Å²) in [7, 11) is 1.37. The molecule has 4 rings (SSSR count). The van der Waals surface area contributed by atoms with E-state index in [9.17, 15) is 14.4 Å². The third-order valence-electron chi connectivity index (χ3n) is 6.28. The molecule has 0 radical (unpaired) electrons. The Kier molecular flexibility index (Phi) is 7.39. The van der Waals surface area contributed by atoms with Gasteiger partial charge < -0.3 is 15.4 Å². The number of pyridine rings is 1. The molecular weight excluding hydrogens is 440 g/mol. The molecule has 0 saturated carbocycles. The molecule has 1 saturated heterocycles. The van der Waals surface area contributed by atoms with Gasteiger partial charge in [-0.1, -0.05) is 6.07 Å². The summed E-state index contributed by atoms with van der Waals surface area (Å²) in [5, 5.41) is 6.44. The highest BCUT2D eigenvalue weighted by Crippen LogP contribution is 2.38. The highest BCUT2D eigenvalue weighted by molar-refractivity contribution is 7.17. The fourth-order valence-electron chi connectivity index (χ4n) is 4.54. The van der Waals surface area contributed by atoms with Crippen molar-refractivity contribution in [2.75, 3.05) is 37.4 Å². The van der Waals surface area contributed by atoms with Crippen LogP contribution in [0.5, 0.6) is 0 Å². The van der Waals surface area contributed by atoms with E-state index in [0.29, 0.717) is 42.3 Å². The van der Waals surface area contributed by atoms with E-state index >= 15 is 0 Å². The summed E-state index contributed by atoms with van der Waals surface area (Å²) in [5.41, 5.74) is 2.41. The molecule has 2 aliphatic rings. The molecular formula is C24H30N4O4S. The van der Waals surface area contributed by atoms with Crippen molar-refractivity contribution >= 4 is 39.9 Å². The molecule has 176 valence electrons. The third kappa shape index (κ3) is 5.59. The Balaban J connectivity index is 1.30. The number of amides is 2. The number of rotatable bonds is 6. The number of hydrogen-bond donors (Lipinski definition) is 2. The zero-order valence-corrected chi connectivity index (χ0v) is 19.9. The molecule has 2 aromatic rings. The number of aromatic nitrogens is 1. The fourth-order valence-corrected chi connectivity index (χ4v) is 5.83. The van der Waals surface area contributed by atoms with E-state index < -0.39 is 0 Å². The molecule has 3 heterocycles. The Morgan fingerprint density at radius 3 is 2.64 bits per heavy atom. The summed E-state index contributed by atoms with van der Waals surface area (Å²) < 4.78 is 4.98. The zero-order chi connectivity index (χ0) is 23.4. The Labute approximate surface area is 197 Å². The molecule has 1 aliphatic carbocycles. The van der Waals surface area contributed by atoms with Gasteiger partial charge in [-0.3, -0.25) is 14.5 Å². The molecule has 1 aliphatic heterocycles. The van der Waals surface area contributed by atoms with Gasteiger partial charge in [0.15, 0.2) is 0 Å². The molecule has 2 aromatic heterocycles. The van der Waals surface area contributed by atoms with Crippen LogP contribution in [0.1, 0.15) is 52.2 Å². The first-order chi connectivity index (χ1) is 15.9. The van der Waals surface area contributed by atoms with Gasteiger partial charge in [0, 0.05) is 16.5 Å². The van der Waals surface area contributed by atoms with E-state index in [1.807, 2.05) is 19.1 Å². The number of anilines is 2. The van der Waals surface area contributed by atoms with Crippen LogP contribution in [0.3, 0.4) is 0 Å². The van der Waals surface area contributed by atoms with Gasteiger partial charge in [-0.15, -0.1) is 11.3 Å². The molecule has 0 aromatic carbocycles. The van der Waals surface area contributed by atoms with Crippen LogP contribution in [-0.2, 0) is 27.2 Å². The van der Waals surface area contributed by atoms with Gasteiger partial charge >= 0.3 is 5.97 Å². The van der Waals surface area contributed by atoms with E-state index in [0.717, 1.165) is 36.9 Å². The second-order valence-corrected chi connectivity index (χ2v) is 9.76. The molecule has 1 fully saturated rings. The van der Waals surface area contributed by atoms with Crippen LogP contribution in [0.25, 0.3) is 0 Å². The SMILES string of the molecule is COC(=O)c1c(NC(=O)CN2CCC(C(=O)Nc3cccc(C)n3)CC2)sc2c1CCCC2. The van der Waals surface area contributed by atoms with Crippen molar-refractivity contribution in [2.24, 2.45) is 5.92 Å². The number of carbonyl (C=O) groups excluding carboxylic acids is 3. The maximum absolute atomic E-state index is 12.8. The number of nitrogens with zero attached hydrogens (tertiary/aromatic N) is 2. The monoisotopic (exact) mass is 470 g/mol. The van der Waals surface area contributed by atoms with Gasteiger partial charge in [-0.2, -0.15) is 0 Å². The van der Waals surface area contributed by atoms with E-state index in [2.05, 4.69) is 20.5 Å². The van der Waals surface area contributed by atoms with Crippen molar-refractivity contribution in [1.29, 1.82) is 0 Å². The second-order valence-electron chi connectivity index (χ2n) is 8.66. The van der Waals surface area contributed by atoms with Gasteiger partial charge in [0.1, 0.15) is 10.8 Å². The number of thiophene rings is 1. The van der Waals surface area contributed by atoms with Crippen LogP contribution in [0.2, 0.25) is 0 Å². The quantitative estimate of drug-likeness (QED) is 0.628. The summed E-state index contributed by atoms with van der Waals surface area (Å²) in [6, 6.07) is 5.54. The molecule has 2 N–H and O–H groups in total. The predicted octanol–water partition coefficient (Wildman–Crippen LogP) is 3.41. The maximum Gasteiger partial charge on any atom is 0.341 e. The zero-order valence-electron chi connectivity index (χ0n) is 19.1. The summed E-state index contributed by atoms with van der Waals surface area (Å²) in [6.07, 6.45) is 5.30. The number of esters is 1. The van der Waals surface area contributed by atoms with Gasteiger partial charge in [-0.25, -0.2) is 9.78 Å². The van der Waals surface area contributed by atoms with Crippen molar-refractivity contribution in [1.82, 2.24) is 9.88 Å². The van der Waals surface area contributed by atoms with Crippen molar-refractivity contribution in [3.8, 4) is 0 Å². The van der Waals surface area contributed by atoms with Crippen LogP contribution in [0.15, 0.2) is 18.2 Å². The highest BCUT2D eigenvalue weighted by Gasteiger charge is 2.29. The minimum Gasteiger partial charge on any atom is -0.465 e. The van der Waals surface area contributed by atoms with E-state index in [1.165, 1.54) is 23.3 Å².